The van der Waals surface area contributed by atoms with Gasteiger partial charge in [-0.2, -0.15) is 0 Å². The molecule has 1 aliphatic rings. The van der Waals surface area contributed by atoms with Crippen LogP contribution in [0.25, 0.3) is 0 Å². The van der Waals surface area contributed by atoms with Crippen molar-refractivity contribution in [2.75, 3.05) is 17.7 Å². The number of nitrogens with one attached hydrogen (secondary N) is 1. The fourth-order valence-electron chi connectivity index (χ4n) is 2.49. The molecule has 0 radical (unpaired) electrons. The van der Waals surface area contributed by atoms with Crippen molar-refractivity contribution >= 4 is 58.0 Å². The average Bonchev–Trinajstić information content (AvgIpc) is 3.04. The van der Waals surface area contributed by atoms with E-state index in [4.69, 9.17) is 16.3 Å². The van der Waals surface area contributed by atoms with E-state index in [9.17, 15) is 14.4 Å². The monoisotopic (exact) mass is 409 g/mol. The predicted molar refractivity (Wildman–Crippen MR) is 104 cm³/mol. The molecular weight excluding hydrogens is 394 g/mol. The van der Waals surface area contributed by atoms with Gasteiger partial charge < -0.3 is 10.1 Å². The number of halogens is 1. The Balaban J connectivity index is 1.44. The van der Waals surface area contributed by atoms with Gasteiger partial charge in [0.1, 0.15) is 0 Å². The summed E-state index contributed by atoms with van der Waals surface area (Å²) in [6.45, 7) is -0.282. The highest BCUT2D eigenvalue weighted by molar-refractivity contribution is 7.99. The lowest BCUT2D eigenvalue weighted by Gasteiger charge is -2.17. The van der Waals surface area contributed by atoms with Crippen molar-refractivity contribution < 1.29 is 19.1 Å². The van der Waals surface area contributed by atoms with Gasteiger partial charge in [-0.3, -0.25) is 14.4 Å². The summed E-state index contributed by atoms with van der Waals surface area (Å²) in [6, 6.07) is 8.84. The SMILES string of the molecule is O=C1CCc2cc(C(=O)COC(=O)CSCc3ccc(Cl)s3)ccc2N1. The molecule has 2 aromatic rings. The molecule has 8 heteroatoms. The van der Waals surface area contributed by atoms with Crippen molar-refractivity contribution in [2.24, 2.45) is 0 Å². The minimum Gasteiger partial charge on any atom is -0.457 e. The van der Waals surface area contributed by atoms with Crippen molar-refractivity contribution in [3.05, 3.63) is 50.7 Å². The van der Waals surface area contributed by atoms with Crippen LogP contribution in [0.2, 0.25) is 4.34 Å². The Kier molecular flexibility index (Phi) is 6.34. The van der Waals surface area contributed by atoms with E-state index in [1.807, 2.05) is 12.1 Å². The van der Waals surface area contributed by atoms with Crippen LogP contribution < -0.4 is 5.32 Å². The first kappa shape index (κ1) is 18.9. The Morgan fingerprint density at radius 1 is 1.23 bits per heavy atom. The number of carbonyl (C=O) groups excluding carboxylic acids is 3. The number of amides is 1. The summed E-state index contributed by atoms with van der Waals surface area (Å²) in [5, 5.41) is 2.77. The van der Waals surface area contributed by atoms with E-state index in [1.165, 1.54) is 23.1 Å². The summed E-state index contributed by atoms with van der Waals surface area (Å²) < 4.78 is 5.78. The van der Waals surface area contributed by atoms with Crippen LogP contribution in [-0.4, -0.2) is 30.0 Å². The third kappa shape index (κ3) is 5.09. The summed E-state index contributed by atoms with van der Waals surface area (Å²) in [7, 11) is 0. The van der Waals surface area contributed by atoms with Gasteiger partial charge in [-0.1, -0.05) is 11.6 Å². The maximum atomic E-state index is 12.2. The topological polar surface area (TPSA) is 72.5 Å². The van der Waals surface area contributed by atoms with E-state index in [1.54, 1.807) is 18.2 Å². The molecule has 0 fully saturated rings. The van der Waals surface area contributed by atoms with Crippen molar-refractivity contribution in [1.82, 2.24) is 0 Å². The first-order valence-corrected chi connectivity index (χ1v) is 10.3. The average molecular weight is 410 g/mol. The molecule has 136 valence electrons. The lowest BCUT2D eigenvalue weighted by Crippen LogP contribution is -2.20. The number of hydrogen-bond acceptors (Lipinski definition) is 6. The molecule has 0 bridgehead atoms. The van der Waals surface area contributed by atoms with Gasteiger partial charge in [0, 0.05) is 28.3 Å². The van der Waals surface area contributed by atoms with Gasteiger partial charge in [0.25, 0.3) is 0 Å². The van der Waals surface area contributed by atoms with Gasteiger partial charge in [-0.15, -0.1) is 23.1 Å². The molecule has 1 aromatic heterocycles. The van der Waals surface area contributed by atoms with Gasteiger partial charge >= 0.3 is 5.97 Å². The number of ether oxygens (including phenoxy) is 1. The van der Waals surface area contributed by atoms with E-state index >= 15 is 0 Å². The summed E-state index contributed by atoms with van der Waals surface area (Å²) in [5.41, 5.74) is 2.14. The zero-order chi connectivity index (χ0) is 18.5. The summed E-state index contributed by atoms with van der Waals surface area (Å²) in [6.07, 6.45) is 1.01. The van der Waals surface area contributed by atoms with Crippen LogP contribution in [0.4, 0.5) is 5.69 Å². The number of carbonyl (C=O) groups is 3. The van der Waals surface area contributed by atoms with Crippen molar-refractivity contribution in [3.63, 3.8) is 0 Å². The molecule has 1 N–H and O–H groups in total. The number of aryl methyl sites for hydroxylation is 1. The number of esters is 1. The molecule has 1 amide bonds. The Bertz CT molecular complexity index is 849. The van der Waals surface area contributed by atoms with E-state index in [2.05, 4.69) is 5.32 Å². The lowest BCUT2D eigenvalue weighted by molar-refractivity contribution is -0.139. The van der Waals surface area contributed by atoms with Crippen LogP contribution in [0.15, 0.2) is 30.3 Å². The standard InChI is InChI=1S/C18H16ClNO4S2/c19-16-5-3-13(26-16)9-25-10-18(23)24-8-15(21)12-1-4-14-11(7-12)2-6-17(22)20-14/h1,3-5,7H,2,6,8-10H2,(H,20,22). The van der Waals surface area contributed by atoms with E-state index in [0.29, 0.717) is 24.2 Å². The first-order valence-electron chi connectivity index (χ1n) is 7.95. The van der Waals surface area contributed by atoms with E-state index < -0.39 is 5.97 Å². The van der Waals surface area contributed by atoms with Gasteiger partial charge in [0.05, 0.1) is 10.1 Å². The maximum absolute atomic E-state index is 12.2. The fraction of sp³-hybridized carbons (Fsp3) is 0.278. The smallest absolute Gasteiger partial charge is 0.316 e. The van der Waals surface area contributed by atoms with Crippen LogP contribution in [0.3, 0.4) is 0 Å². The Hall–Kier alpha value is -1.83. The van der Waals surface area contributed by atoms with Crippen LogP contribution in [0.1, 0.15) is 27.2 Å². The highest BCUT2D eigenvalue weighted by Gasteiger charge is 2.17. The summed E-state index contributed by atoms with van der Waals surface area (Å²) in [5.74, 6) is 0.160. The van der Waals surface area contributed by atoms with Crippen LogP contribution in [0, 0.1) is 0 Å². The Labute approximate surface area is 164 Å². The van der Waals surface area contributed by atoms with E-state index in [-0.39, 0.29) is 24.1 Å². The highest BCUT2D eigenvalue weighted by atomic mass is 35.5. The number of Topliss-reactive ketones (excluding diaryl/α,β-unsaturated/α-hetero) is 1. The number of anilines is 1. The zero-order valence-electron chi connectivity index (χ0n) is 13.7. The molecule has 3 rings (SSSR count). The molecule has 1 aliphatic heterocycles. The van der Waals surface area contributed by atoms with Gasteiger partial charge in [0.15, 0.2) is 12.4 Å². The molecular formula is C18H16ClNO4S2. The first-order chi connectivity index (χ1) is 12.5. The number of thioether (sulfide) groups is 1. The zero-order valence-corrected chi connectivity index (χ0v) is 16.1. The van der Waals surface area contributed by atoms with Crippen molar-refractivity contribution in [1.29, 1.82) is 0 Å². The summed E-state index contributed by atoms with van der Waals surface area (Å²) >= 11 is 8.75. The number of benzene rings is 1. The van der Waals surface area contributed by atoms with Crippen LogP contribution >= 0.6 is 34.7 Å². The molecule has 2 heterocycles. The predicted octanol–water partition coefficient (Wildman–Crippen LogP) is 3.95. The highest BCUT2D eigenvalue weighted by Crippen LogP contribution is 2.25. The number of ketones is 1. The third-order valence-electron chi connectivity index (χ3n) is 3.78. The van der Waals surface area contributed by atoms with Gasteiger partial charge in [-0.25, -0.2) is 0 Å². The van der Waals surface area contributed by atoms with E-state index in [0.717, 1.165) is 20.5 Å². The number of thiophene rings is 1. The molecule has 26 heavy (non-hydrogen) atoms. The van der Waals surface area contributed by atoms with Crippen LogP contribution in [-0.2, 0) is 26.5 Å². The molecule has 5 nitrogen and oxygen atoms in total. The second kappa shape index (κ2) is 8.70. The number of rotatable bonds is 7. The molecule has 0 unspecified atom stereocenters. The van der Waals surface area contributed by atoms with Crippen molar-refractivity contribution in [2.45, 2.75) is 18.6 Å². The lowest BCUT2D eigenvalue weighted by atomic mass is 9.99. The van der Waals surface area contributed by atoms with Gasteiger partial charge in [0.2, 0.25) is 5.91 Å². The fourth-order valence-corrected chi connectivity index (χ4v) is 4.51. The summed E-state index contributed by atoms with van der Waals surface area (Å²) in [4.78, 5) is 36.4. The Morgan fingerprint density at radius 2 is 2.08 bits per heavy atom. The maximum Gasteiger partial charge on any atom is 0.316 e. The molecule has 1 aromatic carbocycles. The third-order valence-corrected chi connectivity index (χ3v) is 6.15. The number of fused-ring (bicyclic) bond motifs is 1. The molecule has 0 saturated carbocycles. The molecule has 0 saturated heterocycles. The molecule has 0 aliphatic carbocycles. The van der Waals surface area contributed by atoms with Crippen LogP contribution in [0.5, 0.6) is 0 Å². The largest absolute Gasteiger partial charge is 0.457 e. The number of hydrogen-bond donors (Lipinski definition) is 1. The molecule has 0 atom stereocenters. The second-order valence-corrected chi connectivity index (χ2v) is 8.49. The van der Waals surface area contributed by atoms with Crippen molar-refractivity contribution in [3.8, 4) is 0 Å². The normalized spacial score (nSPS) is 13.0. The quantitative estimate of drug-likeness (QED) is 0.553. The minimum atomic E-state index is -0.420. The minimum absolute atomic E-state index is 0.0205. The van der Waals surface area contributed by atoms with Gasteiger partial charge in [-0.05, 0) is 42.3 Å². The second-order valence-electron chi connectivity index (χ2n) is 5.70. The molecule has 0 spiro atoms. The Morgan fingerprint density at radius 3 is 2.85 bits per heavy atom.